The Hall–Kier alpha value is -2.44. The molecule has 1 fully saturated rings. The van der Waals surface area contributed by atoms with Gasteiger partial charge in [-0.1, -0.05) is 13.3 Å². The van der Waals surface area contributed by atoms with Crippen LogP contribution in [-0.2, 0) is 4.79 Å². The number of carbonyl (C=O) groups excluding carboxylic acids is 1. The molecule has 1 saturated heterocycles. The largest absolute Gasteiger partial charge is 0.353 e. The molecule has 0 spiro atoms. The van der Waals surface area contributed by atoms with Crippen LogP contribution < -0.4 is 4.90 Å². The highest BCUT2D eigenvalue weighted by Gasteiger charge is 2.22. The van der Waals surface area contributed by atoms with Gasteiger partial charge in [0.25, 0.3) is 0 Å². The number of carbonyl (C=O) groups is 1. The number of anilines is 1. The predicted octanol–water partition coefficient (Wildman–Crippen LogP) is 1.81. The molecule has 3 heterocycles. The summed E-state index contributed by atoms with van der Waals surface area (Å²) in [6.45, 7) is 7.13. The monoisotopic (exact) mass is 328 g/mol. The van der Waals surface area contributed by atoms with Crippen LogP contribution in [0.4, 0.5) is 5.82 Å². The van der Waals surface area contributed by atoms with Crippen LogP contribution in [0.5, 0.6) is 0 Å². The molecule has 0 atom stereocenters. The van der Waals surface area contributed by atoms with Crippen LogP contribution >= 0.6 is 0 Å². The van der Waals surface area contributed by atoms with Gasteiger partial charge < -0.3 is 9.80 Å². The van der Waals surface area contributed by atoms with Gasteiger partial charge in [-0.05, 0) is 13.3 Å². The van der Waals surface area contributed by atoms with Crippen LogP contribution in [0, 0.1) is 6.92 Å². The summed E-state index contributed by atoms with van der Waals surface area (Å²) in [5, 5.41) is 0. The van der Waals surface area contributed by atoms with Gasteiger partial charge in [0.2, 0.25) is 5.91 Å². The van der Waals surface area contributed by atoms with Crippen molar-refractivity contribution in [2.75, 3.05) is 31.1 Å². The fourth-order valence-electron chi connectivity index (χ4n) is 2.90. The third-order valence-corrected chi connectivity index (χ3v) is 4.28. The lowest BCUT2D eigenvalue weighted by atomic mass is 10.2. The average Bonchev–Trinajstić information content (AvgIpc) is 3.14. The molecule has 0 radical (unpaired) electrons. The molecule has 0 aliphatic carbocycles. The quantitative estimate of drug-likeness (QED) is 0.837. The van der Waals surface area contributed by atoms with Crippen LogP contribution in [0.25, 0.3) is 5.82 Å². The summed E-state index contributed by atoms with van der Waals surface area (Å²) in [5.74, 6) is 2.73. The first-order valence-corrected chi connectivity index (χ1v) is 8.54. The SMILES string of the molecule is CCCCC(=O)N1CCN(c2cc(-n3ccnc3)nc(C)n2)CC1. The molecule has 128 valence electrons. The summed E-state index contributed by atoms with van der Waals surface area (Å²) in [4.78, 5) is 29.4. The lowest BCUT2D eigenvalue weighted by Crippen LogP contribution is -2.49. The van der Waals surface area contributed by atoms with Crippen molar-refractivity contribution in [3.05, 3.63) is 30.6 Å². The highest BCUT2D eigenvalue weighted by atomic mass is 16.2. The number of nitrogens with zero attached hydrogens (tertiary/aromatic N) is 6. The summed E-state index contributed by atoms with van der Waals surface area (Å²) in [6.07, 6.45) is 8.03. The third-order valence-electron chi connectivity index (χ3n) is 4.28. The number of rotatable bonds is 5. The van der Waals surface area contributed by atoms with E-state index in [2.05, 4.69) is 26.8 Å². The Labute approximate surface area is 142 Å². The van der Waals surface area contributed by atoms with Crippen LogP contribution in [0.2, 0.25) is 0 Å². The summed E-state index contributed by atoms with van der Waals surface area (Å²) >= 11 is 0. The van der Waals surface area contributed by atoms with Gasteiger partial charge in [0.1, 0.15) is 23.8 Å². The zero-order valence-electron chi connectivity index (χ0n) is 14.4. The summed E-state index contributed by atoms with van der Waals surface area (Å²) < 4.78 is 1.88. The van der Waals surface area contributed by atoms with Gasteiger partial charge in [0, 0.05) is 51.1 Å². The first-order valence-electron chi connectivity index (χ1n) is 8.54. The van der Waals surface area contributed by atoms with Crippen molar-refractivity contribution in [2.24, 2.45) is 0 Å². The van der Waals surface area contributed by atoms with Crippen LogP contribution in [0.15, 0.2) is 24.8 Å². The minimum absolute atomic E-state index is 0.273. The number of imidazole rings is 1. The van der Waals surface area contributed by atoms with Crippen LogP contribution in [0.3, 0.4) is 0 Å². The maximum Gasteiger partial charge on any atom is 0.222 e. The Kier molecular flexibility index (Phi) is 5.08. The van der Waals surface area contributed by atoms with E-state index in [0.29, 0.717) is 6.42 Å². The summed E-state index contributed by atoms with van der Waals surface area (Å²) in [6, 6.07) is 1.98. The van der Waals surface area contributed by atoms with Crippen LogP contribution in [-0.4, -0.2) is 56.5 Å². The normalized spacial score (nSPS) is 14.9. The minimum atomic E-state index is 0.273. The second-order valence-corrected chi connectivity index (χ2v) is 6.07. The van der Waals surface area contributed by atoms with Gasteiger partial charge in [-0.2, -0.15) is 0 Å². The van der Waals surface area contributed by atoms with Gasteiger partial charge in [-0.15, -0.1) is 0 Å². The Morgan fingerprint density at radius 1 is 1.17 bits per heavy atom. The number of aryl methyl sites for hydroxylation is 1. The molecule has 0 bridgehead atoms. The van der Waals surface area contributed by atoms with Gasteiger partial charge in [-0.25, -0.2) is 15.0 Å². The van der Waals surface area contributed by atoms with E-state index in [1.54, 1.807) is 12.5 Å². The highest BCUT2D eigenvalue weighted by molar-refractivity contribution is 5.76. The number of piperazine rings is 1. The van der Waals surface area contributed by atoms with E-state index in [4.69, 9.17) is 0 Å². The van der Waals surface area contributed by atoms with E-state index in [0.717, 1.165) is 56.5 Å². The molecule has 1 aliphatic rings. The zero-order valence-corrected chi connectivity index (χ0v) is 14.4. The zero-order chi connectivity index (χ0) is 16.9. The fraction of sp³-hybridized carbons (Fsp3) is 0.529. The second-order valence-electron chi connectivity index (χ2n) is 6.07. The van der Waals surface area contributed by atoms with Gasteiger partial charge in [0.15, 0.2) is 0 Å². The molecule has 7 heteroatoms. The molecule has 0 unspecified atom stereocenters. The molecule has 0 N–H and O–H groups in total. The molecule has 2 aromatic rings. The summed E-state index contributed by atoms with van der Waals surface area (Å²) in [7, 11) is 0. The first-order chi connectivity index (χ1) is 11.7. The van der Waals surface area contributed by atoms with Crippen LogP contribution in [0.1, 0.15) is 32.0 Å². The van der Waals surface area contributed by atoms with Crippen molar-refractivity contribution in [3.63, 3.8) is 0 Å². The topological polar surface area (TPSA) is 67.2 Å². The van der Waals surface area contributed by atoms with Crippen molar-refractivity contribution in [1.82, 2.24) is 24.4 Å². The number of amides is 1. The first kappa shape index (κ1) is 16.4. The molecule has 0 saturated carbocycles. The molecule has 2 aromatic heterocycles. The van der Waals surface area contributed by atoms with Gasteiger partial charge >= 0.3 is 0 Å². The maximum atomic E-state index is 12.1. The van der Waals surface area contributed by atoms with E-state index >= 15 is 0 Å². The van der Waals surface area contributed by atoms with Gasteiger partial charge in [-0.3, -0.25) is 9.36 Å². The average molecular weight is 328 g/mol. The number of unbranched alkanes of at least 4 members (excludes halogenated alkanes) is 1. The van der Waals surface area contributed by atoms with E-state index in [-0.39, 0.29) is 5.91 Å². The smallest absolute Gasteiger partial charge is 0.222 e. The van der Waals surface area contributed by atoms with E-state index in [9.17, 15) is 4.79 Å². The molecule has 0 aromatic carbocycles. The Morgan fingerprint density at radius 3 is 2.58 bits per heavy atom. The lowest BCUT2D eigenvalue weighted by molar-refractivity contribution is -0.131. The molecular weight excluding hydrogens is 304 g/mol. The molecule has 1 amide bonds. The van der Waals surface area contributed by atoms with Crippen molar-refractivity contribution < 1.29 is 4.79 Å². The fourth-order valence-corrected chi connectivity index (χ4v) is 2.90. The Balaban J connectivity index is 1.67. The van der Waals surface area contributed by atoms with Gasteiger partial charge in [0.05, 0.1) is 0 Å². The number of hydrogen-bond acceptors (Lipinski definition) is 5. The highest BCUT2D eigenvalue weighted by Crippen LogP contribution is 2.18. The molecule has 1 aliphatic heterocycles. The third kappa shape index (κ3) is 3.72. The van der Waals surface area contributed by atoms with Crippen molar-refractivity contribution in [2.45, 2.75) is 33.1 Å². The lowest BCUT2D eigenvalue weighted by Gasteiger charge is -2.35. The summed E-state index contributed by atoms with van der Waals surface area (Å²) in [5.41, 5.74) is 0. The second kappa shape index (κ2) is 7.42. The van der Waals surface area contributed by atoms with Crippen molar-refractivity contribution in [3.8, 4) is 5.82 Å². The molecule has 24 heavy (non-hydrogen) atoms. The van der Waals surface area contributed by atoms with Crippen molar-refractivity contribution in [1.29, 1.82) is 0 Å². The van der Waals surface area contributed by atoms with E-state index in [1.807, 2.05) is 28.7 Å². The number of hydrogen-bond donors (Lipinski definition) is 0. The molecule has 7 nitrogen and oxygen atoms in total. The maximum absolute atomic E-state index is 12.1. The minimum Gasteiger partial charge on any atom is -0.353 e. The molecule has 3 rings (SSSR count). The predicted molar refractivity (Wildman–Crippen MR) is 92.2 cm³/mol. The van der Waals surface area contributed by atoms with E-state index in [1.165, 1.54) is 0 Å². The standard InChI is InChI=1S/C17H24N6O/c1-3-4-5-17(24)22-10-8-21(9-11-22)15-12-16(20-14(2)19-15)23-7-6-18-13-23/h6-7,12-13H,3-5,8-11H2,1-2H3. The Morgan fingerprint density at radius 2 is 1.92 bits per heavy atom. The number of aromatic nitrogens is 4. The van der Waals surface area contributed by atoms with Crippen molar-refractivity contribution >= 4 is 11.7 Å². The Bertz CT molecular complexity index is 676. The van der Waals surface area contributed by atoms with E-state index < -0.39 is 0 Å². The molecular formula is C17H24N6O.